The second kappa shape index (κ2) is 46.5. The third-order valence-corrected chi connectivity index (χ3v) is 8.87. The van der Waals surface area contributed by atoms with Gasteiger partial charge >= 0.3 is 11.9 Å². The van der Waals surface area contributed by atoms with Gasteiger partial charge in [0.05, 0.1) is 0 Å². The van der Waals surface area contributed by atoms with E-state index in [0.717, 1.165) is 25.9 Å². The van der Waals surface area contributed by atoms with E-state index >= 15 is 0 Å². The summed E-state index contributed by atoms with van der Waals surface area (Å²) in [5.74, 6) is -3.45. The molecule has 0 unspecified atom stereocenters. The van der Waals surface area contributed by atoms with E-state index in [2.05, 4.69) is 24.5 Å². The molecule has 0 aromatic carbocycles. The summed E-state index contributed by atoms with van der Waals surface area (Å²) in [5.41, 5.74) is 10.5. The zero-order valence-electron chi connectivity index (χ0n) is 32.9. The zero-order chi connectivity index (χ0) is 37.8. The minimum atomic E-state index is -1.82. The van der Waals surface area contributed by atoms with Gasteiger partial charge in [-0.2, -0.15) is 0 Å². The van der Waals surface area contributed by atoms with Gasteiger partial charge in [-0.15, -0.1) is 0 Å². The Morgan fingerprint density at radius 1 is 0.380 bits per heavy atom. The summed E-state index contributed by atoms with van der Waals surface area (Å²) < 4.78 is 0. The molecule has 50 heavy (non-hydrogen) atoms. The molecule has 0 aliphatic rings. The maximum atomic E-state index is 9.10. The topological polar surface area (TPSA) is 198 Å². The number of hydrogen-bond acceptors (Lipinski definition) is 4. The van der Waals surface area contributed by atoms with Gasteiger partial charge in [0.15, 0.2) is 11.9 Å². The van der Waals surface area contributed by atoms with Crippen LogP contribution in [0.25, 0.3) is 0 Å². The van der Waals surface area contributed by atoms with E-state index in [1.165, 1.54) is 193 Å². The van der Waals surface area contributed by atoms with Crippen molar-refractivity contribution in [1.82, 2.24) is 10.6 Å². The van der Waals surface area contributed by atoms with Crippen LogP contribution in [0.3, 0.4) is 0 Å². The van der Waals surface area contributed by atoms with Crippen molar-refractivity contribution >= 4 is 23.9 Å². The fourth-order valence-electron chi connectivity index (χ4n) is 5.79. The predicted molar refractivity (Wildman–Crippen MR) is 214 cm³/mol. The van der Waals surface area contributed by atoms with E-state index in [1.54, 1.807) is 0 Å². The first-order chi connectivity index (χ1) is 24.2. The average Bonchev–Trinajstić information content (AvgIpc) is 3.08. The Morgan fingerprint density at radius 2 is 0.540 bits per heavy atom. The molecule has 0 bridgehead atoms. The smallest absolute Gasteiger partial charge is 0.414 e. The van der Waals surface area contributed by atoms with Gasteiger partial charge in [-0.25, -0.2) is 9.59 Å². The van der Waals surface area contributed by atoms with Crippen LogP contribution in [0.1, 0.15) is 219 Å². The van der Waals surface area contributed by atoms with E-state index in [1.807, 2.05) is 0 Å². The van der Waals surface area contributed by atoms with Crippen LogP contribution >= 0.6 is 0 Å². The van der Waals surface area contributed by atoms with Gasteiger partial charge in [0.2, 0.25) is 0 Å². The highest BCUT2D eigenvalue weighted by molar-refractivity contribution is 6.27. The SMILES string of the molecule is CCCCCCCCCCCCCCCCCCNC(=N)N.CCCCCCCCCCCCCCCCCCNC(=N)N.O=C(O)C(=O)O. The molecule has 0 rings (SSSR count). The van der Waals surface area contributed by atoms with Crippen LogP contribution in [-0.4, -0.2) is 47.2 Å². The summed E-state index contributed by atoms with van der Waals surface area (Å²) in [6.07, 6.45) is 44.6. The highest BCUT2D eigenvalue weighted by Gasteiger charge is 2.04. The van der Waals surface area contributed by atoms with E-state index < -0.39 is 11.9 Å². The molecule has 0 spiro atoms. The van der Waals surface area contributed by atoms with Gasteiger partial charge in [0.1, 0.15) is 0 Å². The largest absolute Gasteiger partial charge is 0.473 e. The minimum absolute atomic E-state index is 0.0981. The third kappa shape index (κ3) is 57.7. The molecular weight excluding hydrogens is 628 g/mol. The first kappa shape index (κ1) is 51.8. The van der Waals surface area contributed by atoms with Crippen LogP contribution in [0.5, 0.6) is 0 Å². The summed E-state index contributed by atoms with van der Waals surface area (Å²) in [7, 11) is 0. The van der Waals surface area contributed by atoms with Gasteiger partial charge in [-0.1, -0.05) is 206 Å². The number of hydrogen-bond donors (Lipinski definition) is 8. The lowest BCUT2D eigenvalue weighted by molar-refractivity contribution is -0.159. The zero-order valence-corrected chi connectivity index (χ0v) is 32.9. The van der Waals surface area contributed by atoms with Crippen molar-refractivity contribution in [3.05, 3.63) is 0 Å². The Balaban J connectivity index is -0.000000758. The lowest BCUT2D eigenvalue weighted by Crippen LogP contribution is -2.30. The summed E-state index contributed by atoms with van der Waals surface area (Å²) >= 11 is 0. The maximum absolute atomic E-state index is 9.10. The molecule has 10 heteroatoms. The Hall–Kier alpha value is -2.52. The summed E-state index contributed by atoms with van der Waals surface area (Å²) in [6.45, 7) is 6.28. The normalized spacial score (nSPS) is 10.4. The van der Waals surface area contributed by atoms with Crippen molar-refractivity contribution in [3.63, 3.8) is 0 Å². The second-order valence-corrected chi connectivity index (χ2v) is 13.9. The summed E-state index contributed by atoms with van der Waals surface area (Å²) in [4.78, 5) is 18.2. The van der Waals surface area contributed by atoms with Crippen LogP contribution in [0.15, 0.2) is 0 Å². The van der Waals surface area contributed by atoms with Crippen molar-refractivity contribution in [1.29, 1.82) is 10.8 Å². The number of guanidine groups is 2. The number of carbonyl (C=O) groups is 2. The Bertz CT molecular complexity index is 679. The standard InChI is InChI=1S/2C19H41N3.C2H2O4/c2*1-2-3-4-5-6-7-8-9-10-11-12-13-14-15-16-17-18-22-19(20)21;3-1(4)2(5)6/h2*2-18H2,1H3,(H4,20,21,22);(H,3,4)(H,5,6). The van der Waals surface area contributed by atoms with Gasteiger partial charge in [-0.05, 0) is 12.8 Å². The van der Waals surface area contributed by atoms with Crippen molar-refractivity contribution < 1.29 is 19.8 Å². The minimum Gasteiger partial charge on any atom is -0.473 e. The van der Waals surface area contributed by atoms with Crippen LogP contribution < -0.4 is 22.1 Å². The fourth-order valence-corrected chi connectivity index (χ4v) is 5.79. The fraction of sp³-hybridized carbons (Fsp3) is 0.900. The molecule has 0 saturated carbocycles. The maximum Gasteiger partial charge on any atom is 0.414 e. The molecule has 0 fully saturated rings. The molecule has 0 aromatic heterocycles. The molecule has 298 valence electrons. The molecule has 0 heterocycles. The van der Waals surface area contributed by atoms with Crippen LogP contribution in [0.2, 0.25) is 0 Å². The highest BCUT2D eigenvalue weighted by atomic mass is 16.4. The number of nitrogens with one attached hydrogen (secondary N) is 4. The van der Waals surface area contributed by atoms with Gasteiger partial charge in [0, 0.05) is 13.1 Å². The first-order valence-electron chi connectivity index (χ1n) is 20.8. The molecule has 0 atom stereocenters. The number of rotatable bonds is 34. The quantitative estimate of drug-likeness (QED) is 0.0139. The number of carboxylic acid groups (broad SMARTS) is 2. The van der Waals surface area contributed by atoms with Crippen molar-refractivity contribution in [2.45, 2.75) is 219 Å². The Morgan fingerprint density at radius 3 is 0.680 bits per heavy atom. The van der Waals surface area contributed by atoms with E-state index in [-0.39, 0.29) is 11.9 Å². The van der Waals surface area contributed by atoms with Gasteiger partial charge in [-0.3, -0.25) is 10.8 Å². The number of carboxylic acids is 2. The summed E-state index contributed by atoms with van der Waals surface area (Å²) in [6, 6.07) is 0. The van der Waals surface area contributed by atoms with Crippen molar-refractivity contribution in [2.75, 3.05) is 13.1 Å². The monoisotopic (exact) mass is 713 g/mol. The third-order valence-electron chi connectivity index (χ3n) is 8.87. The van der Waals surface area contributed by atoms with Gasteiger partial charge < -0.3 is 32.3 Å². The van der Waals surface area contributed by atoms with Gasteiger partial charge in [0.25, 0.3) is 0 Å². The lowest BCUT2D eigenvalue weighted by Gasteiger charge is -2.04. The molecule has 0 aliphatic carbocycles. The van der Waals surface area contributed by atoms with Crippen LogP contribution in [-0.2, 0) is 9.59 Å². The number of aliphatic carboxylic acids is 2. The van der Waals surface area contributed by atoms with E-state index in [4.69, 9.17) is 42.1 Å². The first-order valence-corrected chi connectivity index (χ1v) is 20.8. The predicted octanol–water partition coefficient (Wildman–Crippen LogP) is 10.6. The van der Waals surface area contributed by atoms with E-state index in [0.29, 0.717) is 0 Å². The second-order valence-electron chi connectivity index (χ2n) is 13.9. The van der Waals surface area contributed by atoms with Crippen LogP contribution in [0, 0.1) is 10.8 Å². The summed E-state index contributed by atoms with van der Waals surface area (Å²) in [5, 5.41) is 34.6. The van der Waals surface area contributed by atoms with Crippen LogP contribution in [0.4, 0.5) is 0 Å². The molecule has 10 nitrogen and oxygen atoms in total. The van der Waals surface area contributed by atoms with Crippen molar-refractivity contribution in [2.24, 2.45) is 11.5 Å². The molecule has 0 aromatic rings. The average molecular weight is 713 g/mol. The van der Waals surface area contributed by atoms with Crippen molar-refractivity contribution in [3.8, 4) is 0 Å². The molecule has 0 amide bonds. The molecule has 0 radical (unpaired) electrons. The highest BCUT2D eigenvalue weighted by Crippen LogP contribution is 2.15. The van der Waals surface area contributed by atoms with E-state index in [9.17, 15) is 0 Å². The molecule has 10 N–H and O–H groups in total. The number of nitrogens with two attached hydrogens (primary N) is 2. The molecule has 0 aliphatic heterocycles. The molecule has 0 saturated heterocycles. The Labute approximate surface area is 308 Å². The lowest BCUT2D eigenvalue weighted by atomic mass is 10.0. The number of unbranched alkanes of at least 4 members (excludes halogenated alkanes) is 30. The Kier molecular flexibility index (Phi) is 48.2. The molecular formula is C40H84N6O4.